The Morgan fingerprint density at radius 3 is 2.59 bits per heavy atom. The summed E-state index contributed by atoms with van der Waals surface area (Å²) in [6.45, 7) is 9.40. The van der Waals surface area contributed by atoms with Gasteiger partial charge in [-0.3, -0.25) is 4.90 Å². The van der Waals surface area contributed by atoms with Crippen LogP contribution in [0.1, 0.15) is 33.6 Å². The van der Waals surface area contributed by atoms with Crippen molar-refractivity contribution in [2.24, 2.45) is 0 Å². The molecule has 17 heavy (non-hydrogen) atoms. The highest BCUT2D eigenvalue weighted by Gasteiger charge is 2.45. The molecule has 4 nitrogen and oxygen atoms in total. The first-order valence-electron chi connectivity index (χ1n) is 6.49. The minimum atomic E-state index is -2.81. The van der Waals surface area contributed by atoms with Crippen molar-refractivity contribution in [2.45, 2.75) is 44.7 Å². The summed E-state index contributed by atoms with van der Waals surface area (Å²) in [5.41, 5.74) is -0.00895. The van der Waals surface area contributed by atoms with Crippen LogP contribution in [0.25, 0.3) is 0 Å². The van der Waals surface area contributed by atoms with Crippen LogP contribution in [0.5, 0.6) is 0 Å². The van der Waals surface area contributed by atoms with E-state index < -0.39 is 9.84 Å². The Hall–Kier alpha value is -0.130. The Balaban J connectivity index is 2.13. The molecular formula is C12H24N2O2S. The average Bonchev–Trinajstić information content (AvgIpc) is 2.55. The summed E-state index contributed by atoms with van der Waals surface area (Å²) < 4.78 is 23.4. The summed E-state index contributed by atoms with van der Waals surface area (Å²) in [7, 11) is -2.81. The molecule has 2 atom stereocenters. The Morgan fingerprint density at radius 2 is 2.06 bits per heavy atom. The zero-order valence-corrected chi connectivity index (χ0v) is 11.9. The molecule has 5 heteroatoms. The summed E-state index contributed by atoms with van der Waals surface area (Å²) in [6, 6.07) is 0. The van der Waals surface area contributed by atoms with Crippen LogP contribution in [0.2, 0.25) is 0 Å². The van der Waals surface area contributed by atoms with E-state index in [2.05, 4.69) is 31.0 Å². The molecule has 2 unspecified atom stereocenters. The van der Waals surface area contributed by atoms with Crippen LogP contribution >= 0.6 is 0 Å². The molecule has 0 aromatic carbocycles. The molecule has 2 aliphatic heterocycles. The molecule has 0 saturated carbocycles. The molecule has 2 rings (SSSR count). The maximum Gasteiger partial charge on any atom is 0.152 e. The number of sulfone groups is 1. The average molecular weight is 260 g/mol. The third-order valence-electron chi connectivity index (χ3n) is 4.50. The molecule has 0 aliphatic carbocycles. The third kappa shape index (κ3) is 2.66. The fourth-order valence-electron chi connectivity index (χ4n) is 2.99. The Kier molecular flexibility index (Phi) is 3.30. The van der Waals surface area contributed by atoms with Crippen LogP contribution in [0, 0.1) is 0 Å². The summed E-state index contributed by atoms with van der Waals surface area (Å²) in [4.78, 5) is 2.39. The van der Waals surface area contributed by atoms with Gasteiger partial charge >= 0.3 is 0 Å². The lowest BCUT2D eigenvalue weighted by molar-refractivity contribution is 0.0541. The molecule has 0 spiro atoms. The van der Waals surface area contributed by atoms with Crippen LogP contribution in [-0.4, -0.2) is 55.5 Å². The van der Waals surface area contributed by atoms with Gasteiger partial charge in [-0.25, -0.2) is 8.42 Å². The number of hydrogen-bond donors (Lipinski definition) is 1. The summed E-state index contributed by atoms with van der Waals surface area (Å²) in [5.74, 6) is 0.691. The minimum absolute atomic E-state index is 0.133. The smallest absolute Gasteiger partial charge is 0.152 e. The van der Waals surface area contributed by atoms with Crippen LogP contribution in [0.15, 0.2) is 0 Å². The molecule has 0 aromatic rings. The summed E-state index contributed by atoms with van der Waals surface area (Å²) >= 11 is 0. The van der Waals surface area contributed by atoms with Crippen molar-refractivity contribution in [3.63, 3.8) is 0 Å². The van der Waals surface area contributed by atoms with Crippen molar-refractivity contribution in [1.29, 1.82) is 0 Å². The summed E-state index contributed by atoms with van der Waals surface area (Å²) in [6.07, 6.45) is 1.86. The molecule has 0 amide bonds. The van der Waals surface area contributed by atoms with Crippen molar-refractivity contribution < 1.29 is 8.42 Å². The Bertz CT molecular complexity index is 395. The fraction of sp³-hybridized carbons (Fsp3) is 1.00. The zero-order chi connectivity index (χ0) is 12.7. The predicted molar refractivity (Wildman–Crippen MR) is 69.9 cm³/mol. The molecule has 2 fully saturated rings. The molecule has 0 aromatic heterocycles. The maximum atomic E-state index is 11.7. The van der Waals surface area contributed by atoms with E-state index in [9.17, 15) is 8.42 Å². The second-order valence-electron chi connectivity index (χ2n) is 6.10. The number of nitrogens with zero attached hydrogens (tertiary/aromatic N) is 1. The first-order valence-corrected chi connectivity index (χ1v) is 8.31. The summed E-state index contributed by atoms with van der Waals surface area (Å²) in [5, 5.41) is 3.55. The second-order valence-corrected chi connectivity index (χ2v) is 8.29. The Morgan fingerprint density at radius 1 is 1.35 bits per heavy atom. The van der Waals surface area contributed by atoms with Crippen LogP contribution in [0.4, 0.5) is 0 Å². The molecule has 2 aliphatic rings. The van der Waals surface area contributed by atoms with Crippen molar-refractivity contribution in [1.82, 2.24) is 10.2 Å². The van der Waals surface area contributed by atoms with Gasteiger partial charge in [0.1, 0.15) is 0 Å². The molecule has 2 heterocycles. The van der Waals surface area contributed by atoms with E-state index in [1.54, 1.807) is 0 Å². The second kappa shape index (κ2) is 4.21. The van der Waals surface area contributed by atoms with E-state index in [1.165, 1.54) is 0 Å². The van der Waals surface area contributed by atoms with E-state index in [1.807, 2.05) is 0 Å². The first-order chi connectivity index (χ1) is 7.79. The van der Waals surface area contributed by atoms with Crippen LogP contribution in [-0.2, 0) is 9.84 Å². The fourth-order valence-corrected chi connectivity index (χ4v) is 5.16. The predicted octanol–water partition coefficient (Wildman–Crippen LogP) is 0.638. The van der Waals surface area contributed by atoms with Crippen molar-refractivity contribution in [2.75, 3.05) is 31.1 Å². The lowest BCUT2D eigenvalue weighted by Crippen LogP contribution is -2.64. The number of piperazine rings is 1. The van der Waals surface area contributed by atoms with Crippen molar-refractivity contribution in [3.05, 3.63) is 0 Å². The zero-order valence-electron chi connectivity index (χ0n) is 11.1. The highest BCUT2D eigenvalue weighted by molar-refractivity contribution is 7.91. The van der Waals surface area contributed by atoms with Crippen LogP contribution in [0.3, 0.4) is 0 Å². The van der Waals surface area contributed by atoms with Gasteiger partial charge in [-0.15, -0.1) is 0 Å². The highest BCUT2D eigenvalue weighted by Crippen LogP contribution is 2.32. The lowest BCUT2D eigenvalue weighted by Gasteiger charge is -2.47. The lowest BCUT2D eigenvalue weighted by atomic mass is 9.90. The monoisotopic (exact) mass is 260 g/mol. The van der Waals surface area contributed by atoms with Gasteiger partial charge in [-0.05, 0) is 26.7 Å². The van der Waals surface area contributed by atoms with Gasteiger partial charge in [0.15, 0.2) is 9.84 Å². The van der Waals surface area contributed by atoms with E-state index >= 15 is 0 Å². The molecule has 100 valence electrons. The van der Waals surface area contributed by atoms with Gasteiger partial charge in [-0.1, -0.05) is 6.92 Å². The first kappa shape index (κ1) is 13.3. The van der Waals surface area contributed by atoms with Gasteiger partial charge < -0.3 is 5.32 Å². The molecule has 2 saturated heterocycles. The van der Waals surface area contributed by atoms with E-state index in [4.69, 9.17) is 0 Å². The van der Waals surface area contributed by atoms with Gasteiger partial charge in [0.25, 0.3) is 0 Å². The number of rotatable bonds is 2. The molecular weight excluding hydrogens is 236 g/mol. The SMILES string of the molecule is CCC1(C)CN(C2(C)CCS(=O)(=O)C2)CCN1. The van der Waals surface area contributed by atoms with Crippen LogP contribution < -0.4 is 5.32 Å². The van der Waals surface area contributed by atoms with E-state index in [0.29, 0.717) is 11.5 Å². The topological polar surface area (TPSA) is 49.4 Å². The third-order valence-corrected chi connectivity index (χ3v) is 6.39. The highest BCUT2D eigenvalue weighted by atomic mass is 32.2. The number of hydrogen-bond acceptors (Lipinski definition) is 4. The quantitative estimate of drug-likeness (QED) is 0.791. The molecule has 0 bridgehead atoms. The van der Waals surface area contributed by atoms with Gasteiger partial charge in [-0.2, -0.15) is 0 Å². The maximum absolute atomic E-state index is 11.7. The molecule has 1 N–H and O–H groups in total. The van der Waals surface area contributed by atoms with Gasteiger partial charge in [0, 0.05) is 30.7 Å². The van der Waals surface area contributed by atoms with E-state index in [0.717, 1.165) is 32.5 Å². The van der Waals surface area contributed by atoms with Crippen molar-refractivity contribution >= 4 is 9.84 Å². The van der Waals surface area contributed by atoms with Gasteiger partial charge in [0.2, 0.25) is 0 Å². The molecule has 0 radical (unpaired) electrons. The number of nitrogens with one attached hydrogen (secondary N) is 1. The van der Waals surface area contributed by atoms with Crippen molar-refractivity contribution in [3.8, 4) is 0 Å². The Labute approximate surface area is 105 Å². The standard InChI is InChI=1S/C12H24N2O2S/c1-4-11(2)9-14(7-6-13-11)12(3)5-8-17(15,16)10-12/h13H,4-10H2,1-3H3. The largest absolute Gasteiger partial charge is 0.309 e. The minimum Gasteiger partial charge on any atom is -0.309 e. The van der Waals surface area contributed by atoms with Gasteiger partial charge in [0.05, 0.1) is 11.5 Å². The normalized spacial score (nSPS) is 42.8. The van der Waals surface area contributed by atoms with E-state index in [-0.39, 0.29) is 11.1 Å².